The van der Waals surface area contributed by atoms with Gasteiger partial charge >= 0.3 is 0 Å². The number of carbonyl (C=O) groups excluding carboxylic acids is 1. The lowest BCUT2D eigenvalue weighted by atomic mass is 10.2. The summed E-state index contributed by atoms with van der Waals surface area (Å²) in [6, 6.07) is 15.3. The first-order chi connectivity index (χ1) is 18.4. The zero-order chi connectivity index (χ0) is 27.2. The fraction of sp³-hybridized carbons (Fsp3) is 0.179. The molecule has 3 aromatic heterocycles. The lowest BCUT2D eigenvalue weighted by Crippen LogP contribution is -2.14. The van der Waals surface area contributed by atoms with Crippen molar-refractivity contribution in [3.8, 4) is 11.4 Å². The van der Waals surface area contributed by atoms with Crippen LogP contribution in [0.25, 0.3) is 17.0 Å². The molecule has 0 fully saturated rings. The van der Waals surface area contributed by atoms with Crippen molar-refractivity contribution >= 4 is 45.1 Å². The zero-order valence-corrected chi connectivity index (χ0v) is 22.5. The predicted octanol–water partition coefficient (Wildman–Crippen LogP) is 6.26. The van der Waals surface area contributed by atoms with Crippen molar-refractivity contribution in [2.24, 2.45) is 0 Å². The second-order valence-electron chi connectivity index (χ2n) is 8.54. The number of nitrogen functional groups attached to an aromatic ring is 1. The molecule has 0 aliphatic heterocycles. The van der Waals surface area contributed by atoms with Crippen molar-refractivity contribution < 1.29 is 9.18 Å². The van der Waals surface area contributed by atoms with E-state index < -0.39 is 11.7 Å². The smallest absolute Gasteiger partial charge is 0.255 e. The van der Waals surface area contributed by atoms with E-state index in [9.17, 15) is 9.18 Å². The van der Waals surface area contributed by atoms with Crippen molar-refractivity contribution in [2.45, 2.75) is 20.4 Å². The van der Waals surface area contributed by atoms with Crippen molar-refractivity contribution in [1.29, 1.82) is 0 Å². The van der Waals surface area contributed by atoms with Gasteiger partial charge in [-0.1, -0.05) is 19.9 Å². The number of fused-ring (bicyclic) bond motifs is 1. The number of halogens is 1. The molecule has 0 radical (unpaired) electrons. The summed E-state index contributed by atoms with van der Waals surface area (Å²) in [7, 11) is 4.07. The molecule has 0 atom stereocenters. The lowest BCUT2D eigenvalue weighted by molar-refractivity contribution is 0.102. The minimum Gasteiger partial charge on any atom is -0.397 e. The van der Waals surface area contributed by atoms with E-state index in [1.54, 1.807) is 24.3 Å². The SMILES string of the molecule is CC.CN(C)Cc1ccn2c(-c3csc(Nc4ccc(C(=O)Nc5c(N)cccc5F)cc4)n3)cnc2c1. The van der Waals surface area contributed by atoms with Gasteiger partial charge in [0.15, 0.2) is 5.13 Å². The number of rotatable bonds is 7. The van der Waals surface area contributed by atoms with Gasteiger partial charge in [-0.25, -0.2) is 14.4 Å². The molecule has 2 aromatic carbocycles. The van der Waals surface area contributed by atoms with Crippen LogP contribution in [-0.4, -0.2) is 39.3 Å². The van der Waals surface area contributed by atoms with Crippen LogP contribution >= 0.6 is 11.3 Å². The summed E-state index contributed by atoms with van der Waals surface area (Å²) in [6.45, 7) is 4.85. The van der Waals surface area contributed by atoms with Crippen LogP contribution < -0.4 is 16.4 Å². The molecule has 0 saturated carbocycles. The maximum atomic E-state index is 14.0. The van der Waals surface area contributed by atoms with Gasteiger partial charge in [0.2, 0.25) is 0 Å². The quantitative estimate of drug-likeness (QED) is 0.214. The van der Waals surface area contributed by atoms with Gasteiger partial charge in [-0.15, -0.1) is 11.3 Å². The summed E-state index contributed by atoms with van der Waals surface area (Å²) >= 11 is 1.47. The minimum atomic E-state index is -0.582. The van der Waals surface area contributed by atoms with Gasteiger partial charge in [-0.3, -0.25) is 9.20 Å². The third kappa shape index (κ3) is 5.99. The fourth-order valence-electron chi connectivity index (χ4n) is 3.81. The molecule has 38 heavy (non-hydrogen) atoms. The molecular weight excluding hydrogens is 501 g/mol. The second-order valence-corrected chi connectivity index (χ2v) is 9.40. The molecule has 5 aromatic rings. The number of hydrogen-bond acceptors (Lipinski definition) is 7. The minimum absolute atomic E-state index is 0.0265. The highest BCUT2D eigenvalue weighted by Gasteiger charge is 2.13. The largest absolute Gasteiger partial charge is 0.397 e. The van der Waals surface area contributed by atoms with Crippen molar-refractivity contribution in [2.75, 3.05) is 30.5 Å². The average molecular weight is 532 g/mol. The van der Waals surface area contributed by atoms with Crippen LogP contribution in [0.4, 0.5) is 26.6 Å². The van der Waals surface area contributed by atoms with E-state index in [0.717, 1.165) is 29.3 Å². The molecule has 10 heteroatoms. The summed E-state index contributed by atoms with van der Waals surface area (Å²) in [5.41, 5.74) is 10.8. The summed E-state index contributed by atoms with van der Waals surface area (Å²) in [5, 5.41) is 8.47. The van der Waals surface area contributed by atoms with Gasteiger partial charge in [0, 0.05) is 29.4 Å². The van der Waals surface area contributed by atoms with Crippen LogP contribution in [-0.2, 0) is 6.54 Å². The van der Waals surface area contributed by atoms with E-state index in [1.165, 1.54) is 35.1 Å². The monoisotopic (exact) mass is 531 g/mol. The second kappa shape index (κ2) is 11.8. The Kier molecular flexibility index (Phi) is 8.35. The van der Waals surface area contributed by atoms with Crippen LogP contribution in [0.1, 0.15) is 29.8 Å². The molecule has 0 saturated heterocycles. The van der Waals surface area contributed by atoms with E-state index in [2.05, 4.69) is 32.7 Å². The molecule has 0 bridgehead atoms. The lowest BCUT2D eigenvalue weighted by Gasteiger charge is -2.10. The molecule has 196 valence electrons. The van der Waals surface area contributed by atoms with E-state index in [4.69, 9.17) is 10.7 Å². The number of aromatic nitrogens is 3. The summed E-state index contributed by atoms with van der Waals surface area (Å²) < 4.78 is 16.0. The Bertz CT molecular complexity index is 1520. The van der Waals surface area contributed by atoms with Gasteiger partial charge in [0.05, 0.1) is 17.6 Å². The van der Waals surface area contributed by atoms with Gasteiger partial charge in [-0.05, 0) is 68.2 Å². The van der Waals surface area contributed by atoms with E-state index in [1.807, 2.05) is 50.1 Å². The molecule has 0 aliphatic rings. The molecule has 0 spiro atoms. The zero-order valence-electron chi connectivity index (χ0n) is 21.7. The molecule has 3 heterocycles. The Balaban J connectivity index is 0.00000164. The van der Waals surface area contributed by atoms with Gasteiger partial charge in [0.25, 0.3) is 5.91 Å². The third-order valence-electron chi connectivity index (χ3n) is 5.53. The summed E-state index contributed by atoms with van der Waals surface area (Å²) in [5.74, 6) is -1.03. The molecule has 4 N–H and O–H groups in total. The van der Waals surface area contributed by atoms with Crippen LogP contribution in [0, 0.1) is 5.82 Å². The number of para-hydroxylation sites is 1. The van der Waals surface area contributed by atoms with Crippen molar-refractivity contribution in [1.82, 2.24) is 19.3 Å². The molecule has 1 amide bonds. The highest BCUT2D eigenvalue weighted by atomic mass is 32.1. The molecule has 0 aliphatic carbocycles. The topological polar surface area (TPSA) is 101 Å². The first-order valence-electron chi connectivity index (χ1n) is 12.2. The standard InChI is InChI=1S/C26H24FN7OS.C2H6/c1-33(2)14-16-10-11-34-22(13-29-23(34)12-16)21-15-36-26(31-21)30-18-8-6-17(7-9-18)25(35)32-24-19(27)4-3-5-20(24)28;1-2/h3-13,15H,14,28H2,1-2H3,(H,30,31)(H,32,35);1-2H3. The van der Waals surface area contributed by atoms with E-state index >= 15 is 0 Å². The van der Waals surface area contributed by atoms with Crippen LogP contribution in [0.3, 0.4) is 0 Å². The fourth-order valence-corrected chi connectivity index (χ4v) is 4.54. The van der Waals surface area contributed by atoms with Crippen LogP contribution in [0.15, 0.2) is 72.4 Å². The highest BCUT2D eigenvalue weighted by molar-refractivity contribution is 7.14. The van der Waals surface area contributed by atoms with Gasteiger partial charge in [-0.2, -0.15) is 0 Å². The number of nitrogens with one attached hydrogen (secondary N) is 2. The maximum absolute atomic E-state index is 14.0. The van der Waals surface area contributed by atoms with Crippen molar-refractivity contribution in [3.05, 3.63) is 89.3 Å². The summed E-state index contributed by atoms with van der Waals surface area (Å²) in [6.07, 6.45) is 3.84. The Morgan fingerprint density at radius 3 is 2.61 bits per heavy atom. The molecule has 0 unspecified atom stereocenters. The normalized spacial score (nSPS) is 10.8. The van der Waals surface area contributed by atoms with Crippen LogP contribution in [0.5, 0.6) is 0 Å². The Morgan fingerprint density at radius 1 is 1.13 bits per heavy atom. The number of hydrogen-bond donors (Lipinski definition) is 3. The number of carbonyl (C=O) groups is 1. The Labute approximate surface area is 225 Å². The maximum Gasteiger partial charge on any atom is 0.255 e. The summed E-state index contributed by atoms with van der Waals surface area (Å²) in [4.78, 5) is 23.9. The average Bonchev–Trinajstić information content (AvgIpc) is 3.54. The highest BCUT2D eigenvalue weighted by Crippen LogP contribution is 2.28. The van der Waals surface area contributed by atoms with Crippen LogP contribution in [0.2, 0.25) is 0 Å². The number of thiazole rings is 1. The first-order valence-corrected chi connectivity index (χ1v) is 13.0. The first kappa shape index (κ1) is 26.8. The number of anilines is 4. The van der Waals surface area contributed by atoms with E-state index in [-0.39, 0.29) is 11.4 Å². The number of pyridine rings is 1. The number of nitrogens with two attached hydrogens (primary N) is 1. The van der Waals surface area contributed by atoms with Crippen molar-refractivity contribution in [3.63, 3.8) is 0 Å². The van der Waals surface area contributed by atoms with Gasteiger partial charge < -0.3 is 21.3 Å². The van der Waals surface area contributed by atoms with Gasteiger partial charge in [0.1, 0.15) is 22.8 Å². The Hall–Kier alpha value is -4.28. The molecule has 5 rings (SSSR count). The number of amides is 1. The molecule has 8 nitrogen and oxygen atoms in total. The number of benzene rings is 2. The third-order valence-corrected chi connectivity index (χ3v) is 6.28. The number of nitrogens with zero attached hydrogens (tertiary/aromatic N) is 4. The molecular formula is C28H30FN7OS. The predicted molar refractivity (Wildman–Crippen MR) is 154 cm³/mol. The van der Waals surface area contributed by atoms with E-state index in [0.29, 0.717) is 10.7 Å². The number of imidazole rings is 1. The Morgan fingerprint density at radius 2 is 1.89 bits per heavy atom.